The van der Waals surface area contributed by atoms with Crippen LogP contribution in [0.1, 0.15) is 28.7 Å². The lowest BCUT2D eigenvalue weighted by molar-refractivity contribution is 0.0446. The third kappa shape index (κ3) is 3.02. The predicted octanol–water partition coefficient (Wildman–Crippen LogP) is 3.40. The molecule has 0 aliphatic carbocycles. The minimum Gasteiger partial charge on any atom is -0.384 e. The second-order valence-corrected chi connectivity index (χ2v) is 6.30. The molecule has 0 spiro atoms. The van der Waals surface area contributed by atoms with Gasteiger partial charge in [0.2, 0.25) is 0 Å². The summed E-state index contributed by atoms with van der Waals surface area (Å²) in [4.78, 5) is 2.34. The van der Waals surface area contributed by atoms with Crippen molar-refractivity contribution < 1.29 is 5.11 Å². The summed E-state index contributed by atoms with van der Waals surface area (Å²) in [6.07, 6.45) is 0.810. The topological polar surface area (TPSA) is 23.5 Å². The fourth-order valence-corrected chi connectivity index (χ4v) is 3.30. The molecule has 0 saturated carbocycles. The number of benzene rings is 2. The molecular formula is C19H23NO. The van der Waals surface area contributed by atoms with E-state index in [-0.39, 0.29) is 0 Å². The number of likely N-dealkylation sites (tertiary alicyclic amines) is 1. The maximum atomic E-state index is 11.1. The van der Waals surface area contributed by atoms with Gasteiger partial charge in [-0.25, -0.2) is 0 Å². The fourth-order valence-electron chi connectivity index (χ4n) is 3.30. The van der Waals surface area contributed by atoms with E-state index >= 15 is 0 Å². The molecule has 1 aliphatic heterocycles. The summed E-state index contributed by atoms with van der Waals surface area (Å²) >= 11 is 0. The van der Waals surface area contributed by atoms with E-state index in [4.69, 9.17) is 0 Å². The van der Waals surface area contributed by atoms with Crippen LogP contribution in [0.25, 0.3) is 0 Å². The lowest BCUT2D eigenvalue weighted by Gasteiger charge is -2.26. The Morgan fingerprint density at radius 2 is 1.86 bits per heavy atom. The van der Waals surface area contributed by atoms with E-state index in [9.17, 15) is 5.11 Å². The van der Waals surface area contributed by atoms with Crippen molar-refractivity contribution in [3.05, 3.63) is 70.8 Å². The number of rotatable bonds is 3. The molecule has 1 unspecified atom stereocenters. The van der Waals surface area contributed by atoms with Crippen LogP contribution in [0, 0.1) is 13.8 Å². The van der Waals surface area contributed by atoms with Gasteiger partial charge in [-0.15, -0.1) is 0 Å². The highest BCUT2D eigenvalue weighted by atomic mass is 16.3. The van der Waals surface area contributed by atoms with E-state index in [1.165, 1.54) is 16.7 Å². The molecule has 0 bridgehead atoms. The lowest BCUT2D eigenvalue weighted by atomic mass is 9.88. The van der Waals surface area contributed by atoms with Crippen molar-refractivity contribution in [2.45, 2.75) is 32.4 Å². The van der Waals surface area contributed by atoms with Crippen molar-refractivity contribution in [2.24, 2.45) is 0 Å². The van der Waals surface area contributed by atoms with Gasteiger partial charge in [0.25, 0.3) is 0 Å². The highest BCUT2D eigenvalue weighted by molar-refractivity contribution is 5.36. The van der Waals surface area contributed by atoms with Gasteiger partial charge in [-0.3, -0.25) is 4.90 Å². The van der Waals surface area contributed by atoms with Crippen LogP contribution in [-0.4, -0.2) is 23.1 Å². The average Bonchev–Trinajstić information content (AvgIpc) is 2.85. The van der Waals surface area contributed by atoms with Crippen LogP contribution in [0.2, 0.25) is 0 Å². The summed E-state index contributed by atoms with van der Waals surface area (Å²) in [6, 6.07) is 16.8. The molecule has 1 saturated heterocycles. The van der Waals surface area contributed by atoms with Gasteiger partial charge in [0.15, 0.2) is 0 Å². The zero-order chi connectivity index (χ0) is 14.9. The smallest absolute Gasteiger partial charge is 0.104 e. The summed E-state index contributed by atoms with van der Waals surface area (Å²) in [6.45, 7) is 6.74. The van der Waals surface area contributed by atoms with Gasteiger partial charge in [-0.05, 0) is 37.0 Å². The summed E-state index contributed by atoms with van der Waals surface area (Å²) < 4.78 is 0. The first-order valence-corrected chi connectivity index (χ1v) is 7.63. The molecule has 1 aliphatic rings. The Hall–Kier alpha value is -1.64. The van der Waals surface area contributed by atoms with E-state index < -0.39 is 5.60 Å². The highest BCUT2D eigenvalue weighted by Crippen LogP contribution is 2.34. The maximum Gasteiger partial charge on any atom is 0.104 e. The molecule has 0 amide bonds. The Morgan fingerprint density at radius 3 is 2.62 bits per heavy atom. The highest BCUT2D eigenvalue weighted by Gasteiger charge is 2.38. The lowest BCUT2D eigenvalue weighted by Crippen LogP contribution is -2.31. The molecule has 1 atom stereocenters. The summed E-state index contributed by atoms with van der Waals surface area (Å²) in [5.41, 5.74) is 4.10. The van der Waals surface area contributed by atoms with Crippen molar-refractivity contribution in [2.75, 3.05) is 13.1 Å². The van der Waals surface area contributed by atoms with Crippen LogP contribution in [0.5, 0.6) is 0 Å². The molecule has 0 aromatic heterocycles. The zero-order valence-corrected chi connectivity index (χ0v) is 12.8. The first kappa shape index (κ1) is 14.3. The van der Waals surface area contributed by atoms with Crippen LogP contribution in [0.4, 0.5) is 0 Å². The summed E-state index contributed by atoms with van der Waals surface area (Å²) in [7, 11) is 0. The molecule has 2 aromatic carbocycles. The van der Waals surface area contributed by atoms with Crippen molar-refractivity contribution in [3.8, 4) is 0 Å². The summed E-state index contributed by atoms with van der Waals surface area (Å²) in [5, 5.41) is 11.1. The number of hydrogen-bond acceptors (Lipinski definition) is 2. The minimum absolute atomic E-state index is 0.703. The van der Waals surface area contributed by atoms with Crippen molar-refractivity contribution in [1.29, 1.82) is 0 Å². The Morgan fingerprint density at radius 1 is 1.10 bits per heavy atom. The molecule has 21 heavy (non-hydrogen) atoms. The van der Waals surface area contributed by atoms with Gasteiger partial charge in [0.1, 0.15) is 5.60 Å². The second kappa shape index (κ2) is 5.63. The number of hydrogen-bond donors (Lipinski definition) is 1. The van der Waals surface area contributed by atoms with Gasteiger partial charge < -0.3 is 5.11 Å². The van der Waals surface area contributed by atoms with E-state index in [2.05, 4.69) is 61.2 Å². The third-order valence-electron chi connectivity index (χ3n) is 4.47. The minimum atomic E-state index is -0.703. The van der Waals surface area contributed by atoms with Crippen LogP contribution in [0.3, 0.4) is 0 Å². The van der Waals surface area contributed by atoms with Crippen LogP contribution in [-0.2, 0) is 12.1 Å². The first-order valence-electron chi connectivity index (χ1n) is 7.63. The number of nitrogens with zero attached hydrogens (tertiary/aromatic N) is 1. The van der Waals surface area contributed by atoms with Crippen LogP contribution >= 0.6 is 0 Å². The molecular weight excluding hydrogens is 258 g/mol. The van der Waals surface area contributed by atoms with Gasteiger partial charge >= 0.3 is 0 Å². The van der Waals surface area contributed by atoms with Gasteiger partial charge in [0.05, 0.1) is 0 Å². The molecule has 1 heterocycles. The monoisotopic (exact) mass is 281 g/mol. The van der Waals surface area contributed by atoms with Crippen LogP contribution < -0.4 is 0 Å². The van der Waals surface area contributed by atoms with E-state index in [1.807, 2.05) is 6.07 Å². The summed E-state index contributed by atoms with van der Waals surface area (Å²) in [5.74, 6) is 0. The predicted molar refractivity (Wildman–Crippen MR) is 86.1 cm³/mol. The first-order chi connectivity index (χ1) is 10.1. The number of aliphatic hydroxyl groups is 1. The standard InChI is InChI=1S/C19H23NO/c1-15-8-9-16(2)18(12-15)19(21)10-11-20(14-19)13-17-6-4-3-5-7-17/h3-9,12,21H,10-11,13-14H2,1-2H3. The Balaban J connectivity index is 1.77. The van der Waals surface area contributed by atoms with Crippen molar-refractivity contribution in [3.63, 3.8) is 0 Å². The molecule has 0 radical (unpaired) electrons. The Labute approximate surface area is 127 Å². The average molecular weight is 281 g/mol. The largest absolute Gasteiger partial charge is 0.384 e. The maximum absolute atomic E-state index is 11.1. The quantitative estimate of drug-likeness (QED) is 0.932. The molecule has 3 rings (SSSR count). The third-order valence-corrected chi connectivity index (χ3v) is 4.47. The number of β-amino-alcohol motifs (C(OH)–C–C–N with tert-alkyl or cyclic N) is 1. The molecule has 1 N–H and O–H groups in total. The molecule has 2 nitrogen and oxygen atoms in total. The van der Waals surface area contributed by atoms with Crippen LogP contribution in [0.15, 0.2) is 48.5 Å². The van der Waals surface area contributed by atoms with Crippen molar-refractivity contribution >= 4 is 0 Å². The Bertz CT molecular complexity index is 623. The zero-order valence-electron chi connectivity index (χ0n) is 12.8. The second-order valence-electron chi connectivity index (χ2n) is 6.30. The van der Waals surface area contributed by atoms with Gasteiger partial charge in [0, 0.05) is 19.6 Å². The fraction of sp³-hybridized carbons (Fsp3) is 0.368. The van der Waals surface area contributed by atoms with E-state index in [0.29, 0.717) is 6.54 Å². The molecule has 2 aromatic rings. The Kier molecular flexibility index (Phi) is 3.83. The number of aryl methyl sites for hydroxylation is 2. The molecule has 2 heteroatoms. The van der Waals surface area contributed by atoms with Gasteiger partial charge in [-0.2, -0.15) is 0 Å². The van der Waals surface area contributed by atoms with Crippen molar-refractivity contribution in [1.82, 2.24) is 4.90 Å². The van der Waals surface area contributed by atoms with E-state index in [1.54, 1.807) is 0 Å². The SMILES string of the molecule is Cc1ccc(C)c(C2(O)CCN(Cc3ccccc3)C2)c1. The van der Waals surface area contributed by atoms with E-state index in [0.717, 1.165) is 25.1 Å². The normalized spacial score (nSPS) is 22.6. The molecule has 1 fully saturated rings. The molecule has 110 valence electrons. The van der Waals surface area contributed by atoms with Gasteiger partial charge in [-0.1, -0.05) is 54.1 Å².